The maximum atomic E-state index is 13.3. The SMILES string of the molecule is CCCCCNC(=O)C1CCN(C(=O)C(NC(=O)CC(C)C)c2ccccc2)CC1. The van der Waals surface area contributed by atoms with Crippen LogP contribution in [0.15, 0.2) is 30.3 Å². The van der Waals surface area contributed by atoms with Gasteiger partial charge in [0.1, 0.15) is 6.04 Å². The Bertz CT molecular complexity index is 682. The molecule has 3 amide bonds. The van der Waals surface area contributed by atoms with Crippen molar-refractivity contribution in [2.75, 3.05) is 19.6 Å². The Balaban J connectivity index is 1.95. The fraction of sp³-hybridized carbons (Fsp3) is 0.625. The van der Waals surface area contributed by atoms with Crippen LogP contribution in [0.2, 0.25) is 0 Å². The second-order valence-electron chi connectivity index (χ2n) is 8.61. The smallest absolute Gasteiger partial charge is 0.249 e. The van der Waals surface area contributed by atoms with E-state index in [9.17, 15) is 14.4 Å². The van der Waals surface area contributed by atoms with E-state index in [1.165, 1.54) is 0 Å². The van der Waals surface area contributed by atoms with Crippen LogP contribution in [0.4, 0.5) is 0 Å². The van der Waals surface area contributed by atoms with Crippen molar-refractivity contribution < 1.29 is 14.4 Å². The molecule has 0 spiro atoms. The fourth-order valence-corrected chi connectivity index (χ4v) is 3.80. The van der Waals surface area contributed by atoms with Gasteiger partial charge in [0.15, 0.2) is 0 Å². The van der Waals surface area contributed by atoms with E-state index in [0.717, 1.165) is 31.4 Å². The van der Waals surface area contributed by atoms with Crippen LogP contribution in [0.5, 0.6) is 0 Å². The average Bonchev–Trinajstić information content (AvgIpc) is 2.74. The van der Waals surface area contributed by atoms with Crippen molar-refractivity contribution >= 4 is 17.7 Å². The lowest BCUT2D eigenvalue weighted by Gasteiger charge is -2.34. The molecule has 30 heavy (non-hydrogen) atoms. The van der Waals surface area contributed by atoms with Gasteiger partial charge < -0.3 is 15.5 Å². The number of likely N-dealkylation sites (tertiary alicyclic amines) is 1. The second-order valence-corrected chi connectivity index (χ2v) is 8.61. The van der Waals surface area contributed by atoms with E-state index in [-0.39, 0.29) is 29.6 Å². The van der Waals surface area contributed by atoms with Gasteiger partial charge in [0.2, 0.25) is 17.7 Å². The molecule has 6 heteroatoms. The highest BCUT2D eigenvalue weighted by Crippen LogP contribution is 2.22. The summed E-state index contributed by atoms with van der Waals surface area (Å²) in [5, 5.41) is 5.95. The summed E-state index contributed by atoms with van der Waals surface area (Å²) in [5.41, 5.74) is 0.787. The number of nitrogens with one attached hydrogen (secondary N) is 2. The highest BCUT2D eigenvalue weighted by atomic mass is 16.2. The molecule has 1 aliphatic rings. The minimum atomic E-state index is -0.683. The monoisotopic (exact) mass is 415 g/mol. The van der Waals surface area contributed by atoms with E-state index in [2.05, 4.69) is 17.6 Å². The fourth-order valence-electron chi connectivity index (χ4n) is 3.80. The van der Waals surface area contributed by atoms with Gasteiger partial charge in [-0.2, -0.15) is 0 Å². The van der Waals surface area contributed by atoms with Gasteiger partial charge in [-0.05, 0) is 30.7 Å². The van der Waals surface area contributed by atoms with Crippen molar-refractivity contribution in [2.24, 2.45) is 11.8 Å². The third kappa shape index (κ3) is 7.47. The minimum Gasteiger partial charge on any atom is -0.356 e. The number of hydrogen-bond acceptors (Lipinski definition) is 3. The van der Waals surface area contributed by atoms with E-state index >= 15 is 0 Å². The summed E-state index contributed by atoms with van der Waals surface area (Å²) in [6.07, 6.45) is 4.97. The van der Waals surface area contributed by atoms with Gasteiger partial charge in [0, 0.05) is 32.0 Å². The molecule has 1 aromatic carbocycles. The first-order valence-electron chi connectivity index (χ1n) is 11.3. The lowest BCUT2D eigenvalue weighted by molar-refractivity contribution is -0.139. The maximum absolute atomic E-state index is 13.3. The third-order valence-electron chi connectivity index (χ3n) is 5.54. The van der Waals surface area contributed by atoms with Crippen molar-refractivity contribution in [2.45, 2.75) is 65.3 Å². The maximum Gasteiger partial charge on any atom is 0.249 e. The summed E-state index contributed by atoms with van der Waals surface area (Å²) >= 11 is 0. The Kier molecular flexibility index (Phi) is 9.84. The molecule has 0 saturated carbocycles. The van der Waals surface area contributed by atoms with Crippen LogP contribution in [0, 0.1) is 11.8 Å². The number of rotatable bonds is 10. The summed E-state index contributed by atoms with van der Waals surface area (Å²) in [7, 11) is 0. The standard InChI is InChI=1S/C24H37N3O3/c1-4-5-9-14-25-23(29)20-12-15-27(16-13-20)24(30)22(19-10-7-6-8-11-19)26-21(28)17-18(2)3/h6-8,10-11,18,20,22H,4-5,9,12-17H2,1-3H3,(H,25,29)(H,26,28). The first-order chi connectivity index (χ1) is 14.4. The summed E-state index contributed by atoms with van der Waals surface area (Å²) < 4.78 is 0. The molecular formula is C24H37N3O3. The Hall–Kier alpha value is -2.37. The molecule has 0 aromatic heterocycles. The molecule has 1 unspecified atom stereocenters. The van der Waals surface area contributed by atoms with Gasteiger partial charge in [-0.15, -0.1) is 0 Å². The molecule has 1 aliphatic heterocycles. The molecule has 0 radical (unpaired) electrons. The van der Waals surface area contributed by atoms with Crippen LogP contribution in [0.1, 0.15) is 70.9 Å². The number of unbranched alkanes of at least 4 members (excludes halogenated alkanes) is 2. The summed E-state index contributed by atoms with van der Waals surface area (Å²) in [6, 6.07) is 8.70. The predicted molar refractivity (Wildman–Crippen MR) is 119 cm³/mol. The molecule has 1 atom stereocenters. The predicted octanol–water partition coefficient (Wildman–Crippen LogP) is 3.44. The number of benzene rings is 1. The van der Waals surface area contributed by atoms with E-state index in [1.54, 1.807) is 4.90 Å². The van der Waals surface area contributed by atoms with Crippen molar-refractivity contribution in [1.29, 1.82) is 0 Å². The van der Waals surface area contributed by atoms with Gasteiger partial charge >= 0.3 is 0 Å². The number of carbonyl (C=O) groups is 3. The molecule has 2 N–H and O–H groups in total. The number of amides is 3. The molecule has 2 rings (SSSR count). The molecular weight excluding hydrogens is 378 g/mol. The molecule has 1 aromatic rings. The van der Waals surface area contributed by atoms with Crippen LogP contribution in [-0.4, -0.2) is 42.3 Å². The molecule has 1 heterocycles. The van der Waals surface area contributed by atoms with Crippen molar-refractivity contribution in [3.05, 3.63) is 35.9 Å². The van der Waals surface area contributed by atoms with Crippen LogP contribution < -0.4 is 10.6 Å². The van der Waals surface area contributed by atoms with Crippen LogP contribution >= 0.6 is 0 Å². The zero-order chi connectivity index (χ0) is 21.9. The zero-order valence-electron chi connectivity index (χ0n) is 18.7. The summed E-state index contributed by atoms with van der Waals surface area (Å²) in [6.45, 7) is 7.91. The highest BCUT2D eigenvalue weighted by molar-refractivity contribution is 5.89. The summed E-state index contributed by atoms with van der Waals surface area (Å²) in [4.78, 5) is 39.8. The second kappa shape index (κ2) is 12.4. The van der Waals surface area contributed by atoms with Gasteiger partial charge in [-0.25, -0.2) is 0 Å². The van der Waals surface area contributed by atoms with Crippen molar-refractivity contribution in [1.82, 2.24) is 15.5 Å². The first kappa shape index (κ1) is 23.9. The van der Waals surface area contributed by atoms with Gasteiger partial charge in [0.05, 0.1) is 0 Å². The lowest BCUT2D eigenvalue weighted by Crippen LogP contribution is -2.48. The molecule has 0 bridgehead atoms. The molecule has 0 aliphatic carbocycles. The summed E-state index contributed by atoms with van der Waals surface area (Å²) in [5.74, 6) is 0.0706. The number of piperidine rings is 1. The molecule has 1 fully saturated rings. The van der Waals surface area contributed by atoms with Crippen LogP contribution in [0.25, 0.3) is 0 Å². The highest BCUT2D eigenvalue weighted by Gasteiger charge is 2.32. The Labute approximate surface area is 180 Å². The Morgan fingerprint density at radius 3 is 2.33 bits per heavy atom. The number of nitrogens with zero attached hydrogens (tertiary/aromatic N) is 1. The average molecular weight is 416 g/mol. The zero-order valence-corrected chi connectivity index (χ0v) is 18.7. The lowest BCUT2D eigenvalue weighted by atomic mass is 9.94. The normalized spacial score (nSPS) is 15.7. The van der Waals surface area contributed by atoms with Crippen LogP contribution in [0.3, 0.4) is 0 Å². The first-order valence-corrected chi connectivity index (χ1v) is 11.3. The van der Waals surface area contributed by atoms with Gasteiger partial charge in [0.25, 0.3) is 0 Å². The van der Waals surface area contributed by atoms with Crippen molar-refractivity contribution in [3.8, 4) is 0 Å². The molecule has 6 nitrogen and oxygen atoms in total. The molecule has 1 saturated heterocycles. The largest absolute Gasteiger partial charge is 0.356 e. The van der Waals surface area contributed by atoms with Gasteiger partial charge in [-0.3, -0.25) is 14.4 Å². The number of hydrogen-bond donors (Lipinski definition) is 2. The topological polar surface area (TPSA) is 78.5 Å². The van der Waals surface area contributed by atoms with E-state index in [4.69, 9.17) is 0 Å². The minimum absolute atomic E-state index is 0.0404. The van der Waals surface area contributed by atoms with Gasteiger partial charge in [-0.1, -0.05) is 63.9 Å². The molecule has 166 valence electrons. The van der Waals surface area contributed by atoms with E-state index in [1.807, 2.05) is 44.2 Å². The third-order valence-corrected chi connectivity index (χ3v) is 5.54. The van der Waals surface area contributed by atoms with E-state index < -0.39 is 6.04 Å². The Morgan fingerprint density at radius 1 is 1.07 bits per heavy atom. The van der Waals surface area contributed by atoms with Crippen LogP contribution in [-0.2, 0) is 14.4 Å². The van der Waals surface area contributed by atoms with E-state index in [0.29, 0.717) is 32.4 Å². The van der Waals surface area contributed by atoms with Crippen molar-refractivity contribution in [3.63, 3.8) is 0 Å². The number of carbonyl (C=O) groups excluding carboxylic acids is 3. The quantitative estimate of drug-likeness (QED) is 0.575. The Morgan fingerprint density at radius 2 is 1.73 bits per heavy atom.